The van der Waals surface area contributed by atoms with Gasteiger partial charge >= 0.3 is 0 Å². The number of halogens is 1. The van der Waals surface area contributed by atoms with E-state index in [-0.39, 0.29) is 0 Å². The van der Waals surface area contributed by atoms with Crippen molar-refractivity contribution in [1.82, 2.24) is 0 Å². The lowest BCUT2D eigenvalue weighted by Gasteiger charge is -2.01. The largest absolute Gasteiger partial charge is 0.545 e. The maximum atomic E-state index is 12.5. The maximum absolute atomic E-state index is 12.5. The van der Waals surface area contributed by atoms with Crippen molar-refractivity contribution in [2.75, 3.05) is 5.32 Å². The van der Waals surface area contributed by atoms with Crippen LogP contribution in [0.1, 0.15) is 0 Å². The number of anilines is 1. The lowest BCUT2D eigenvalue weighted by molar-refractivity contribution is -0.297. The zero-order chi connectivity index (χ0) is 11.3. The Morgan fingerprint density at radius 1 is 1.20 bits per heavy atom. The summed E-state index contributed by atoms with van der Waals surface area (Å²) in [6.45, 7) is 0. The van der Waals surface area contributed by atoms with E-state index >= 15 is 0 Å². The fourth-order valence-corrected chi connectivity index (χ4v) is 0.861. The van der Waals surface area contributed by atoms with Gasteiger partial charge in [0.25, 0.3) is 0 Å². The number of rotatable bonds is 3. The number of amides is 1. The number of nitrogens with one attached hydrogen (secondary N) is 1. The van der Waals surface area contributed by atoms with Crippen LogP contribution in [0.4, 0.5) is 10.1 Å². The Morgan fingerprint density at radius 3 is 2.33 bits per heavy atom. The van der Waals surface area contributed by atoms with Crippen LogP contribution in [0.15, 0.2) is 36.4 Å². The number of aliphatic carboxylic acids is 1. The van der Waals surface area contributed by atoms with E-state index < -0.39 is 17.7 Å². The Balaban J connectivity index is 2.59. The molecular formula is C10H7FNO3-. The molecule has 15 heavy (non-hydrogen) atoms. The topological polar surface area (TPSA) is 69.2 Å². The molecule has 4 nitrogen and oxygen atoms in total. The molecule has 0 spiro atoms. The van der Waals surface area contributed by atoms with Gasteiger partial charge in [-0.1, -0.05) is 0 Å². The Kier molecular flexibility index (Phi) is 3.56. The van der Waals surface area contributed by atoms with Crippen LogP contribution >= 0.6 is 0 Å². The van der Waals surface area contributed by atoms with Crippen LogP contribution in [0.5, 0.6) is 0 Å². The average Bonchev–Trinajstić information content (AvgIpc) is 2.19. The Bertz CT molecular complexity index is 398. The fourth-order valence-electron chi connectivity index (χ4n) is 0.861. The van der Waals surface area contributed by atoms with Gasteiger partial charge in [0.2, 0.25) is 5.91 Å². The number of hydrogen-bond donors (Lipinski definition) is 1. The smallest absolute Gasteiger partial charge is 0.248 e. The first-order valence-corrected chi connectivity index (χ1v) is 4.03. The van der Waals surface area contributed by atoms with E-state index in [2.05, 4.69) is 5.32 Å². The summed E-state index contributed by atoms with van der Waals surface area (Å²) in [5.41, 5.74) is 0.379. The van der Waals surface area contributed by atoms with E-state index in [0.717, 1.165) is 6.08 Å². The molecule has 0 atom stereocenters. The molecule has 0 heterocycles. The molecular weight excluding hydrogens is 201 g/mol. The summed E-state index contributed by atoms with van der Waals surface area (Å²) in [5.74, 6) is -2.49. The van der Waals surface area contributed by atoms with Gasteiger partial charge in [0.05, 0.1) is 5.97 Å². The van der Waals surface area contributed by atoms with Crippen molar-refractivity contribution < 1.29 is 19.1 Å². The molecule has 1 aromatic rings. The maximum Gasteiger partial charge on any atom is 0.248 e. The van der Waals surface area contributed by atoms with Gasteiger partial charge in [-0.3, -0.25) is 4.79 Å². The van der Waals surface area contributed by atoms with Gasteiger partial charge in [-0.25, -0.2) is 4.39 Å². The number of benzene rings is 1. The third kappa shape index (κ3) is 4.04. The van der Waals surface area contributed by atoms with Gasteiger partial charge < -0.3 is 15.2 Å². The van der Waals surface area contributed by atoms with Crippen molar-refractivity contribution in [3.05, 3.63) is 42.2 Å². The number of hydrogen-bond acceptors (Lipinski definition) is 3. The van der Waals surface area contributed by atoms with Crippen LogP contribution in [0.25, 0.3) is 0 Å². The first-order valence-electron chi connectivity index (χ1n) is 4.03. The van der Waals surface area contributed by atoms with Crippen LogP contribution < -0.4 is 10.4 Å². The lowest BCUT2D eigenvalue weighted by Crippen LogP contribution is -2.20. The quantitative estimate of drug-likeness (QED) is 0.714. The van der Waals surface area contributed by atoms with Crippen LogP contribution in [0, 0.1) is 5.82 Å². The summed E-state index contributed by atoms with van der Waals surface area (Å²) in [5, 5.41) is 12.3. The van der Waals surface area contributed by atoms with Gasteiger partial charge in [0.15, 0.2) is 0 Å². The van der Waals surface area contributed by atoms with Crippen molar-refractivity contribution in [2.24, 2.45) is 0 Å². The molecule has 0 aliphatic rings. The SMILES string of the molecule is O=C([O-])/C=C/C(=O)Nc1ccc(F)cc1. The number of carboxylic acids is 1. The van der Waals surface area contributed by atoms with E-state index in [9.17, 15) is 19.1 Å². The zero-order valence-corrected chi connectivity index (χ0v) is 7.57. The molecule has 0 aliphatic carbocycles. The molecule has 5 heteroatoms. The second kappa shape index (κ2) is 4.90. The molecule has 0 aliphatic heterocycles. The van der Waals surface area contributed by atoms with Crippen molar-refractivity contribution in [1.29, 1.82) is 0 Å². The third-order valence-corrected chi connectivity index (χ3v) is 1.48. The van der Waals surface area contributed by atoms with E-state index in [1.165, 1.54) is 24.3 Å². The monoisotopic (exact) mass is 208 g/mol. The highest BCUT2D eigenvalue weighted by atomic mass is 19.1. The second-order valence-corrected chi connectivity index (χ2v) is 2.65. The number of carbonyl (C=O) groups excluding carboxylic acids is 2. The minimum absolute atomic E-state index is 0.379. The van der Waals surface area contributed by atoms with Crippen LogP contribution in [0.2, 0.25) is 0 Å². The Morgan fingerprint density at radius 2 is 1.80 bits per heavy atom. The molecule has 0 aromatic heterocycles. The van der Waals surface area contributed by atoms with Gasteiger partial charge in [-0.05, 0) is 30.3 Å². The number of carbonyl (C=O) groups is 2. The molecule has 1 N–H and O–H groups in total. The van der Waals surface area contributed by atoms with Gasteiger partial charge in [-0.15, -0.1) is 0 Å². The first kappa shape index (κ1) is 10.9. The summed E-state index contributed by atoms with van der Waals surface area (Å²) in [6, 6.07) is 5.08. The normalized spacial score (nSPS) is 10.2. The first-order chi connectivity index (χ1) is 7.08. The molecule has 1 aromatic carbocycles. The molecule has 1 rings (SSSR count). The molecule has 0 saturated heterocycles. The molecule has 0 fully saturated rings. The van der Waals surface area contributed by atoms with E-state index in [1.807, 2.05) is 0 Å². The van der Waals surface area contributed by atoms with Crippen molar-refractivity contribution in [3.63, 3.8) is 0 Å². The predicted molar refractivity (Wildman–Crippen MR) is 49.2 cm³/mol. The van der Waals surface area contributed by atoms with Crippen LogP contribution in [0.3, 0.4) is 0 Å². The van der Waals surface area contributed by atoms with Crippen LogP contribution in [-0.2, 0) is 9.59 Å². The highest BCUT2D eigenvalue weighted by molar-refractivity contribution is 6.01. The van der Waals surface area contributed by atoms with Gasteiger partial charge in [0, 0.05) is 11.8 Å². The van der Waals surface area contributed by atoms with E-state index in [0.29, 0.717) is 11.8 Å². The van der Waals surface area contributed by atoms with Crippen LogP contribution in [-0.4, -0.2) is 11.9 Å². The standard InChI is InChI=1S/C10H8FNO3/c11-7-1-3-8(4-2-7)12-9(13)5-6-10(14)15/h1-6H,(H,12,13)(H,14,15)/p-1/b6-5+. The summed E-state index contributed by atoms with van der Waals surface area (Å²) in [7, 11) is 0. The minimum Gasteiger partial charge on any atom is -0.545 e. The van der Waals surface area contributed by atoms with Crippen molar-refractivity contribution in [2.45, 2.75) is 0 Å². The minimum atomic E-state index is -1.45. The summed E-state index contributed by atoms with van der Waals surface area (Å²) in [4.78, 5) is 21.0. The van der Waals surface area contributed by atoms with E-state index in [4.69, 9.17) is 0 Å². The third-order valence-electron chi connectivity index (χ3n) is 1.48. The average molecular weight is 208 g/mol. The van der Waals surface area contributed by atoms with Crippen molar-refractivity contribution >= 4 is 17.6 Å². The molecule has 0 radical (unpaired) electrons. The lowest BCUT2D eigenvalue weighted by atomic mass is 10.3. The number of carboxylic acid groups (broad SMARTS) is 1. The highest BCUT2D eigenvalue weighted by Crippen LogP contribution is 2.07. The fraction of sp³-hybridized carbons (Fsp3) is 0. The zero-order valence-electron chi connectivity index (χ0n) is 7.57. The molecule has 0 saturated carbocycles. The highest BCUT2D eigenvalue weighted by Gasteiger charge is 1.97. The summed E-state index contributed by atoms with van der Waals surface area (Å²) >= 11 is 0. The molecule has 0 bridgehead atoms. The Labute approximate surface area is 85.0 Å². The predicted octanol–water partition coefficient (Wildman–Crippen LogP) is 0.0703. The second-order valence-electron chi connectivity index (χ2n) is 2.65. The molecule has 0 unspecified atom stereocenters. The van der Waals surface area contributed by atoms with E-state index in [1.54, 1.807) is 0 Å². The molecule has 1 amide bonds. The summed E-state index contributed by atoms with van der Waals surface area (Å²) < 4.78 is 12.5. The van der Waals surface area contributed by atoms with Gasteiger partial charge in [0.1, 0.15) is 5.82 Å². The molecule has 78 valence electrons. The Hall–Kier alpha value is -2.17. The van der Waals surface area contributed by atoms with Gasteiger partial charge in [-0.2, -0.15) is 0 Å². The van der Waals surface area contributed by atoms with Crippen molar-refractivity contribution in [3.8, 4) is 0 Å². The summed E-state index contributed by atoms with van der Waals surface area (Å²) in [6.07, 6.45) is 1.43.